The van der Waals surface area contributed by atoms with Crippen molar-refractivity contribution in [1.29, 1.82) is 0 Å². The van der Waals surface area contributed by atoms with Crippen LogP contribution in [0, 0.1) is 11.8 Å². The number of hydrogen-bond acceptors (Lipinski definition) is 4. The van der Waals surface area contributed by atoms with Crippen LogP contribution in [0.15, 0.2) is 24.3 Å². The Labute approximate surface area is 166 Å². The van der Waals surface area contributed by atoms with Gasteiger partial charge in [-0.15, -0.1) is 0 Å². The maximum absolute atomic E-state index is 12.3. The number of carbonyl (C=O) groups is 3. The number of nitrogens with zero attached hydrogens (tertiary/aromatic N) is 2. The minimum Gasteiger partial charge on any atom is -0.484 e. The van der Waals surface area contributed by atoms with Crippen molar-refractivity contribution in [3.8, 4) is 5.75 Å². The highest BCUT2D eigenvalue weighted by atomic mass is 16.5. The number of amides is 3. The molecule has 0 saturated carbocycles. The van der Waals surface area contributed by atoms with Gasteiger partial charge in [0.1, 0.15) is 5.75 Å². The van der Waals surface area contributed by atoms with Gasteiger partial charge >= 0.3 is 0 Å². The summed E-state index contributed by atoms with van der Waals surface area (Å²) in [5.74, 6) is 0.538. The SMILES string of the molecule is CC(C)CNC(=O)[C@H]1CC(=O)N(c2ccc(OCC(=O)N3CCCC3)cc2)C1. The van der Waals surface area contributed by atoms with Gasteiger partial charge in [-0.1, -0.05) is 13.8 Å². The predicted molar refractivity (Wildman–Crippen MR) is 106 cm³/mol. The molecule has 7 nitrogen and oxygen atoms in total. The topological polar surface area (TPSA) is 79.0 Å². The molecule has 0 bridgehead atoms. The van der Waals surface area contributed by atoms with Gasteiger partial charge in [0, 0.05) is 38.3 Å². The Balaban J connectivity index is 1.52. The molecule has 0 unspecified atom stereocenters. The fourth-order valence-electron chi connectivity index (χ4n) is 3.51. The van der Waals surface area contributed by atoms with Crippen LogP contribution in [-0.2, 0) is 14.4 Å². The lowest BCUT2D eigenvalue weighted by Gasteiger charge is -2.18. The quantitative estimate of drug-likeness (QED) is 0.774. The Morgan fingerprint density at radius 1 is 1.18 bits per heavy atom. The maximum atomic E-state index is 12.3. The van der Waals surface area contributed by atoms with Gasteiger partial charge in [-0.25, -0.2) is 0 Å². The van der Waals surface area contributed by atoms with E-state index < -0.39 is 0 Å². The third-order valence-corrected chi connectivity index (χ3v) is 5.15. The molecule has 0 aliphatic carbocycles. The third kappa shape index (κ3) is 5.03. The van der Waals surface area contributed by atoms with Crippen molar-refractivity contribution in [3.63, 3.8) is 0 Å². The summed E-state index contributed by atoms with van der Waals surface area (Å²) >= 11 is 0. The molecular formula is C21H29N3O4. The monoisotopic (exact) mass is 387 g/mol. The Kier molecular flexibility index (Phi) is 6.54. The Morgan fingerprint density at radius 3 is 2.50 bits per heavy atom. The lowest BCUT2D eigenvalue weighted by Crippen LogP contribution is -2.35. The minimum absolute atomic E-state index is 0.00606. The van der Waals surface area contributed by atoms with Crippen molar-refractivity contribution in [2.45, 2.75) is 33.1 Å². The van der Waals surface area contributed by atoms with Crippen molar-refractivity contribution >= 4 is 23.4 Å². The zero-order valence-corrected chi connectivity index (χ0v) is 16.6. The molecule has 28 heavy (non-hydrogen) atoms. The predicted octanol–water partition coefficient (Wildman–Crippen LogP) is 1.81. The van der Waals surface area contributed by atoms with Gasteiger partial charge in [0.2, 0.25) is 11.8 Å². The van der Waals surface area contributed by atoms with Gasteiger partial charge in [0.05, 0.1) is 5.92 Å². The van der Waals surface area contributed by atoms with Crippen molar-refractivity contribution < 1.29 is 19.1 Å². The molecule has 0 aromatic heterocycles. The highest BCUT2D eigenvalue weighted by Crippen LogP contribution is 2.27. The van der Waals surface area contributed by atoms with Crippen LogP contribution in [0.25, 0.3) is 0 Å². The fourth-order valence-corrected chi connectivity index (χ4v) is 3.51. The van der Waals surface area contributed by atoms with E-state index in [9.17, 15) is 14.4 Å². The molecule has 2 heterocycles. The third-order valence-electron chi connectivity index (χ3n) is 5.15. The number of likely N-dealkylation sites (tertiary alicyclic amines) is 1. The minimum atomic E-state index is -0.319. The number of hydrogen-bond donors (Lipinski definition) is 1. The van der Waals surface area contributed by atoms with Gasteiger partial charge < -0.3 is 19.9 Å². The number of benzene rings is 1. The molecule has 3 amide bonds. The summed E-state index contributed by atoms with van der Waals surface area (Å²) in [6.45, 7) is 6.72. The van der Waals surface area contributed by atoms with Crippen LogP contribution in [0.5, 0.6) is 5.75 Å². The van der Waals surface area contributed by atoms with E-state index in [1.54, 1.807) is 29.2 Å². The van der Waals surface area contributed by atoms with Gasteiger partial charge in [-0.05, 0) is 43.0 Å². The van der Waals surface area contributed by atoms with E-state index in [0.717, 1.165) is 31.6 Å². The van der Waals surface area contributed by atoms with Crippen LogP contribution in [0.2, 0.25) is 0 Å². The Bertz CT molecular complexity index is 711. The molecule has 1 atom stereocenters. The molecule has 0 spiro atoms. The number of rotatable bonds is 7. The number of carbonyl (C=O) groups excluding carboxylic acids is 3. The van der Waals surface area contributed by atoms with Gasteiger partial charge in [0.25, 0.3) is 5.91 Å². The first kappa shape index (κ1) is 20.2. The zero-order valence-electron chi connectivity index (χ0n) is 16.6. The van der Waals surface area contributed by atoms with Crippen LogP contribution >= 0.6 is 0 Å². The largest absolute Gasteiger partial charge is 0.484 e. The standard InChI is InChI=1S/C21H29N3O4/c1-15(2)12-22-21(27)16-11-19(25)24(13-16)17-5-7-18(8-6-17)28-14-20(26)23-9-3-4-10-23/h5-8,15-16H,3-4,9-14H2,1-2H3,(H,22,27)/t16-/m0/s1. The molecule has 1 aromatic rings. The molecule has 2 fully saturated rings. The van der Waals surface area contributed by atoms with Crippen molar-refractivity contribution in [1.82, 2.24) is 10.2 Å². The summed E-state index contributed by atoms with van der Waals surface area (Å²) in [6, 6.07) is 7.10. The molecule has 0 radical (unpaired) electrons. The Morgan fingerprint density at radius 2 is 1.86 bits per heavy atom. The maximum Gasteiger partial charge on any atom is 0.260 e. The summed E-state index contributed by atoms with van der Waals surface area (Å²) in [7, 11) is 0. The van der Waals surface area contributed by atoms with E-state index in [4.69, 9.17) is 4.74 Å². The average Bonchev–Trinajstić information content (AvgIpc) is 3.34. The van der Waals surface area contributed by atoms with E-state index in [-0.39, 0.29) is 36.7 Å². The lowest BCUT2D eigenvalue weighted by molar-refractivity contribution is -0.132. The summed E-state index contributed by atoms with van der Waals surface area (Å²) < 4.78 is 5.58. The highest BCUT2D eigenvalue weighted by Gasteiger charge is 2.35. The second-order valence-electron chi connectivity index (χ2n) is 7.91. The fraction of sp³-hybridized carbons (Fsp3) is 0.571. The van der Waals surface area contributed by atoms with Gasteiger partial charge in [-0.3, -0.25) is 14.4 Å². The van der Waals surface area contributed by atoms with E-state index in [1.807, 2.05) is 18.7 Å². The molecule has 2 saturated heterocycles. The van der Waals surface area contributed by atoms with Crippen LogP contribution < -0.4 is 15.0 Å². The number of anilines is 1. The van der Waals surface area contributed by atoms with Crippen LogP contribution in [-0.4, -0.2) is 55.4 Å². The summed E-state index contributed by atoms with van der Waals surface area (Å²) in [5, 5.41) is 2.90. The van der Waals surface area contributed by atoms with E-state index in [0.29, 0.717) is 24.8 Å². The lowest BCUT2D eigenvalue weighted by atomic mass is 10.1. The van der Waals surface area contributed by atoms with Crippen LogP contribution in [0.4, 0.5) is 5.69 Å². The summed E-state index contributed by atoms with van der Waals surface area (Å²) in [4.78, 5) is 40.1. The van der Waals surface area contributed by atoms with Crippen LogP contribution in [0.3, 0.4) is 0 Å². The highest BCUT2D eigenvalue weighted by molar-refractivity contribution is 6.00. The summed E-state index contributed by atoms with van der Waals surface area (Å²) in [5.41, 5.74) is 0.738. The van der Waals surface area contributed by atoms with E-state index in [1.165, 1.54) is 0 Å². The van der Waals surface area contributed by atoms with E-state index in [2.05, 4.69) is 5.32 Å². The molecule has 3 rings (SSSR count). The smallest absolute Gasteiger partial charge is 0.260 e. The van der Waals surface area contributed by atoms with Gasteiger partial charge in [-0.2, -0.15) is 0 Å². The molecule has 1 aromatic carbocycles. The second kappa shape index (κ2) is 9.08. The Hall–Kier alpha value is -2.57. The second-order valence-corrected chi connectivity index (χ2v) is 7.91. The first-order chi connectivity index (χ1) is 13.4. The normalized spacial score (nSPS) is 19.4. The van der Waals surface area contributed by atoms with Crippen molar-refractivity contribution in [3.05, 3.63) is 24.3 Å². The molecule has 1 N–H and O–H groups in total. The van der Waals surface area contributed by atoms with Gasteiger partial charge in [0.15, 0.2) is 6.61 Å². The average molecular weight is 387 g/mol. The first-order valence-corrected chi connectivity index (χ1v) is 10.0. The molecule has 2 aliphatic heterocycles. The zero-order chi connectivity index (χ0) is 20.1. The molecule has 2 aliphatic rings. The summed E-state index contributed by atoms with van der Waals surface area (Å²) in [6.07, 6.45) is 2.34. The van der Waals surface area contributed by atoms with E-state index >= 15 is 0 Å². The molecular weight excluding hydrogens is 358 g/mol. The molecule has 152 valence electrons. The molecule has 7 heteroatoms. The number of ether oxygens (including phenoxy) is 1. The van der Waals surface area contributed by atoms with Crippen molar-refractivity contribution in [2.24, 2.45) is 11.8 Å². The van der Waals surface area contributed by atoms with Crippen molar-refractivity contribution in [2.75, 3.05) is 37.7 Å². The first-order valence-electron chi connectivity index (χ1n) is 10.0. The van der Waals surface area contributed by atoms with Crippen LogP contribution in [0.1, 0.15) is 33.1 Å². The number of nitrogens with one attached hydrogen (secondary N) is 1.